The largest absolute Gasteiger partial charge is 0.452 e. The summed E-state index contributed by atoms with van der Waals surface area (Å²) in [7, 11) is 3.19. The minimum absolute atomic E-state index is 0.168. The number of ether oxygens (including phenoxy) is 2. The maximum Gasteiger partial charge on any atom is 0.414 e. The highest BCUT2D eigenvalue weighted by atomic mass is 32.1. The standard InChI is InChI=1S/C17H15NO4S/c1-10-6-7-23-15(10)9-14-16(19)12-5-4-11(8-13(12)22-14)21-17(20)18(2)3/h4-9H,1-3H3. The van der Waals surface area contributed by atoms with E-state index in [4.69, 9.17) is 9.47 Å². The van der Waals surface area contributed by atoms with Crippen molar-refractivity contribution >= 4 is 29.3 Å². The second-order valence-corrected chi connectivity index (χ2v) is 6.28. The van der Waals surface area contributed by atoms with Gasteiger partial charge in [-0.2, -0.15) is 0 Å². The Morgan fingerprint density at radius 3 is 2.74 bits per heavy atom. The Balaban J connectivity index is 1.87. The fraction of sp³-hybridized carbons (Fsp3) is 0.176. The van der Waals surface area contributed by atoms with Gasteiger partial charge in [0.1, 0.15) is 11.5 Å². The number of ketones is 1. The molecule has 0 spiro atoms. The predicted molar refractivity (Wildman–Crippen MR) is 88.1 cm³/mol. The number of nitrogens with zero attached hydrogens (tertiary/aromatic N) is 1. The van der Waals surface area contributed by atoms with Crippen molar-refractivity contribution in [2.24, 2.45) is 0 Å². The number of Topliss-reactive ketones (excluding diaryl/α,β-unsaturated/α-hetero) is 1. The molecule has 0 bridgehead atoms. The van der Waals surface area contributed by atoms with Crippen LogP contribution in [0.1, 0.15) is 20.8 Å². The maximum absolute atomic E-state index is 12.4. The molecule has 0 aliphatic carbocycles. The van der Waals surface area contributed by atoms with Crippen molar-refractivity contribution in [3.63, 3.8) is 0 Å². The fourth-order valence-corrected chi connectivity index (χ4v) is 2.92. The Hall–Kier alpha value is -2.60. The molecule has 2 aromatic rings. The molecular formula is C17H15NO4S. The third-order valence-electron chi connectivity index (χ3n) is 3.38. The highest BCUT2D eigenvalue weighted by molar-refractivity contribution is 7.11. The molecular weight excluding hydrogens is 314 g/mol. The minimum Gasteiger partial charge on any atom is -0.452 e. The minimum atomic E-state index is -0.487. The van der Waals surface area contributed by atoms with Gasteiger partial charge in [-0.25, -0.2) is 4.79 Å². The van der Waals surface area contributed by atoms with Crippen LogP contribution in [0, 0.1) is 6.92 Å². The van der Waals surface area contributed by atoms with Gasteiger partial charge >= 0.3 is 6.09 Å². The fourth-order valence-electron chi connectivity index (χ4n) is 2.07. The van der Waals surface area contributed by atoms with Crippen molar-refractivity contribution in [2.45, 2.75) is 6.92 Å². The number of benzene rings is 1. The molecule has 23 heavy (non-hydrogen) atoms. The zero-order valence-corrected chi connectivity index (χ0v) is 13.8. The molecule has 1 aromatic heterocycles. The molecule has 3 rings (SSSR count). The molecule has 0 unspecified atom stereocenters. The van der Waals surface area contributed by atoms with E-state index in [1.54, 1.807) is 49.7 Å². The molecule has 6 heteroatoms. The number of rotatable bonds is 2. The summed E-state index contributed by atoms with van der Waals surface area (Å²) in [5.41, 5.74) is 1.56. The summed E-state index contributed by atoms with van der Waals surface area (Å²) in [6.45, 7) is 1.98. The van der Waals surface area contributed by atoms with E-state index in [0.29, 0.717) is 17.1 Å². The van der Waals surface area contributed by atoms with E-state index in [1.165, 1.54) is 4.90 Å². The zero-order valence-electron chi connectivity index (χ0n) is 13.0. The Kier molecular flexibility index (Phi) is 3.92. The summed E-state index contributed by atoms with van der Waals surface area (Å²) in [5, 5.41) is 1.97. The van der Waals surface area contributed by atoms with E-state index < -0.39 is 6.09 Å². The summed E-state index contributed by atoms with van der Waals surface area (Å²) in [4.78, 5) is 26.3. The van der Waals surface area contributed by atoms with Crippen LogP contribution >= 0.6 is 11.3 Å². The number of hydrogen-bond donors (Lipinski definition) is 0. The number of thiophene rings is 1. The molecule has 0 N–H and O–H groups in total. The van der Waals surface area contributed by atoms with Gasteiger partial charge in [0.25, 0.3) is 0 Å². The summed E-state index contributed by atoms with van der Waals surface area (Å²) in [5.74, 6) is 0.850. The van der Waals surface area contributed by atoms with E-state index >= 15 is 0 Å². The number of hydrogen-bond acceptors (Lipinski definition) is 5. The lowest BCUT2D eigenvalue weighted by Crippen LogP contribution is -2.25. The number of amides is 1. The molecule has 0 atom stereocenters. The van der Waals surface area contributed by atoms with Gasteiger partial charge in [0.05, 0.1) is 5.56 Å². The third-order valence-corrected chi connectivity index (χ3v) is 4.34. The summed E-state index contributed by atoms with van der Waals surface area (Å²) < 4.78 is 10.8. The SMILES string of the molecule is Cc1ccsc1C=C1Oc2cc(OC(=O)N(C)C)ccc2C1=O. The average molecular weight is 329 g/mol. The number of carbonyl (C=O) groups excluding carboxylic acids is 2. The summed E-state index contributed by atoms with van der Waals surface area (Å²) in [6, 6.07) is 6.73. The Bertz CT molecular complexity index is 820. The predicted octanol–water partition coefficient (Wildman–Crippen LogP) is 3.73. The second kappa shape index (κ2) is 5.89. The van der Waals surface area contributed by atoms with Gasteiger partial charge in [0, 0.05) is 31.1 Å². The van der Waals surface area contributed by atoms with Gasteiger partial charge in [-0.05, 0) is 36.1 Å². The number of fused-ring (bicyclic) bond motifs is 1. The smallest absolute Gasteiger partial charge is 0.414 e. The molecule has 0 saturated heterocycles. The molecule has 118 valence electrons. The van der Waals surface area contributed by atoms with Crippen LogP contribution in [0.15, 0.2) is 35.4 Å². The van der Waals surface area contributed by atoms with Gasteiger partial charge in [0.15, 0.2) is 5.76 Å². The number of aryl methyl sites for hydroxylation is 1. The molecule has 0 radical (unpaired) electrons. The summed E-state index contributed by atoms with van der Waals surface area (Å²) in [6.07, 6.45) is 1.26. The van der Waals surface area contributed by atoms with Crippen LogP contribution in [0.3, 0.4) is 0 Å². The van der Waals surface area contributed by atoms with E-state index in [9.17, 15) is 9.59 Å². The molecule has 2 heterocycles. The molecule has 0 saturated carbocycles. The maximum atomic E-state index is 12.4. The highest BCUT2D eigenvalue weighted by Gasteiger charge is 2.28. The molecule has 0 fully saturated rings. The first-order valence-electron chi connectivity index (χ1n) is 6.97. The van der Waals surface area contributed by atoms with Gasteiger partial charge in [-0.15, -0.1) is 11.3 Å². The molecule has 1 amide bonds. The lowest BCUT2D eigenvalue weighted by atomic mass is 10.1. The van der Waals surface area contributed by atoms with Gasteiger partial charge in [-0.1, -0.05) is 0 Å². The average Bonchev–Trinajstić information content (AvgIpc) is 3.04. The molecule has 5 nitrogen and oxygen atoms in total. The molecule has 1 aliphatic rings. The lowest BCUT2D eigenvalue weighted by Gasteiger charge is -2.10. The van der Waals surface area contributed by atoms with Crippen LogP contribution in [0.4, 0.5) is 4.79 Å². The first-order chi connectivity index (χ1) is 11.0. The van der Waals surface area contributed by atoms with Crippen molar-refractivity contribution in [2.75, 3.05) is 14.1 Å². The van der Waals surface area contributed by atoms with Crippen molar-refractivity contribution in [1.29, 1.82) is 0 Å². The van der Waals surface area contributed by atoms with Crippen molar-refractivity contribution < 1.29 is 19.1 Å². The van der Waals surface area contributed by atoms with Crippen LogP contribution in [-0.2, 0) is 0 Å². The van der Waals surface area contributed by atoms with Crippen molar-refractivity contribution in [3.8, 4) is 11.5 Å². The lowest BCUT2D eigenvalue weighted by molar-refractivity contribution is 0.101. The quantitative estimate of drug-likeness (QED) is 0.788. The summed E-state index contributed by atoms with van der Waals surface area (Å²) >= 11 is 1.55. The van der Waals surface area contributed by atoms with Crippen LogP contribution in [0.2, 0.25) is 0 Å². The van der Waals surface area contributed by atoms with E-state index in [1.807, 2.05) is 18.4 Å². The second-order valence-electron chi connectivity index (χ2n) is 5.33. The van der Waals surface area contributed by atoms with E-state index in [0.717, 1.165) is 10.4 Å². The Labute approximate surface area is 137 Å². The van der Waals surface area contributed by atoms with E-state index in [-0.39, 0.29) is 11.5 Å². The normalized spacial score (nSPS) is 14.6. The third kappa shape index (κ3) is 2.98. The number of carbonyl (C=O) groups is 2. The highest BCUT2D eigenvalue weighted by Crippen LogP contribution is 2.35. The first-order valence-corrected chi connectivity index (χ1v) is 7.85. The van der Waals surface area contributed by atoms with Gasteiger partial charge in [0.2, 0.25) is 5.78 Å². The molecule has 1 aliphatic heterocycles. The molecule has 1 aromatic carbocycles. The Morgan fingerprint density at radius 2 is 2.09 bits per heavy atom. The van der Waals surface area contributed by atoms with E-state index in [2.05, 4.69) is 0 Å². The van der Waals surface area contributed by atoms with Gasteiger partial charge < -0.3 is 14.4 Å². The zero-order chi connectivity index (χ0) is 16.6. The monoisotopic (exact) mass is 329 g/mol. The van der Waals surface area contributed by atoms with Crippen LogP contribution < -0.4 is 9.47 Å². The Morgan fingerprint density at radius 1 is 1.30 bits per heavy atom. The van der Waals surface area contributed by atoms with Crippen LogP contribution in [0.25, 0.3) is 6.08 Å². The van der Waals surface area contributed by atoms with Crippen molar-refractivity contribution in [3.05, 3.63) is 51.4 Å². The van der Waals surface area contributed by atoms with Crippen molar-refractivity contribution in [1.82, 2.24) is 4.90 Å². The topological polar surface area (TPSA) is 55.8 Å². The van der Waals surface area contributed by atoms with Crippen LogP contribution in [-0.4, -0.2) is 30.9 Å². The number of allylic oxidation sites excluding steroid dienone is 1. The van der Waals surface area contributed by atoms with Crippen LogP contribution in [0.5, 0.6) is 11.5 Å². The first kappa shape index (κ1) is 15.3. The van der Waals surface area contributed by atoms with Gasteiger partial charge in [-0.3, -0.25) is 4.79 Å².